The maximum absolute atomic E-state index is 12.0. The van der Waals surface area contributed by atoms with Gasteiger partial charge in [0.25, 0.3) is 11.8 Å². The average molecular weight is 400 g/mol. The van der Waals surface area contributed by atoms with Gasteiger partial charge >= 0.3 is 0 Å². The molecule has 3 aliphatic heterocycles. The number of hydrogen-bond donors (Lipinski definition) is 1. The lowest BCUT2D eigenvalue weighted by Crippen LogP contribution is -2.62. The molecule has 0 spiro atoms. The normalized spacial score (nSPS) is 29.2. The molecule has 1 radical (unpaired) electrons. The third-order valence-electron chi connectivity index (χ3n) is 5.47. The minimum Gasteiger partial charge on any atom is -0.384 e. The molecular weight excluding hydrogens is 370 g/mol. The van der Waals surface area contributed by atoms with E-state index in [1.807, 2.05) is 0 Å². The molecule has 2 amide bonds. The lowest BCUT2D eigenvalue weighted by atomic mass is 10.1. The lowest BCUT2D eigenvalue weighted by Gasteiger charge is -2.47. The minimum atomic E-state index is -1.02. The number of aliphatic hydroxyl groups excluding tert-OH is 1. The first kappa shape index (κ1) is 21.4. The van der Waals surface area contributed by atoms with Gasteiger partial charge in [-0.3, -0.25) is 14.4 Å². The van der Waals surface area contributed by atoms with Crippen molar-refractivity contribution in [3.63, 3.8) is 0 Å². The number of piperidine rings is 1. The van der Waals surface area contributed by atoms with Crippen LogP contribution in [0.3, 0.4) is 0 Å². The van der Waals surface area contributed by atoms with Gasteiger partial charge in [-0.25, -0.2) is 5.11 Å². The van der Waals surface area contributed by atoms with Crippen molar-refractivity contribution in [1.82, 2.24) is 14.9 Å². The molecule has 4 unspecified atom stereocenters. The number of methoxy groups -OCH3 is 1. The first-order chi connectivity index (χ1) is 13.3. The molecule has 159 valence electrons. The molecule has 3 fully saturated rings. The van der Waals surface area contributed by atoms with Gasteiger partial charge in [0.2, 0.25) is 0 Å². The van der Waals surface area contributed by atoms with Crippen molar-refractivity contribution in [2.75, 3.05) is 39.8 Å². The van der Waals surface area contributed by atoms with Crippen molar-refractivity contribution in [2.24, 2.45) is 0 Å². The van der Waals surface area contributed by atoms with Crippen LogP contribution in [-0.2, 0) is 29.0 Å². The van der Waals surface area contributed by atoms with Crippen LogP contribution in [0.2, 0.25) is 0 Å². The van der Waals surface area contributed by atoms with E-state index in [4.69, 9.17) is 14.3 Å². The van der Waals surface area contributed by atoms with Crippen molar-refractivity contribution in [3.8, 4) is 0 Å². The summed E-state index contributed by atoms with van der Waals surface area (Å²) < 4.78 is 11.1. The molecule has 0 bridgehead atoms. The first-order valence-electron chi connectivity index (χ1n) is 9.81. The number of nitrogens with zero attached hydrogens (tertiary/aromatic N) is 3. The number of aliphatic hydroxyl groups is 1. The summed E-state index contributed by atoms with van der Waals surface area (Å²) in [6.45, 7) is 5.39. The van der Waals surface area contributed by atoms with E-state index < -0.39 is 24.5 Å². The molecule has 10 heteroatoms. The highest BCUT2D eigenvalue weighted by Gasteiger charge is 2.41. The fourth-order valence-electron chi connectivity index (χ4n) is 3.54. The fourth-order valence-corrected chi connectivity index (χ4v) is 3.54. The van der Waals surface area contributed by atoms with Gasteiger partial charge in [0, 0.05) is 33.2 Å². The van der Waals surface area contributed by atoms with E-state index in [-0.39, 0.29) is 24.0 Å². The van der Waals surface area contributed by atoms with Gasteiger partial charge in [0.1, 0.15) is 24.5 Å². The number of hydrogen-bond acceptors (Lipinski definition) is 7. The zero-order valence-electron chi connectivity index (χ0n) is 16.7. The number of carbonyl (C=O) groups is 2. The van der Waals surface area contributed by atoms with Crippen LogP contribution in [-0.4, -0.2) is 108 Å². The number of amides is 2. The highest BCUT2D eigenvalue weighted by Crippen LogP contribution is 2.26. The monoisotopic (exact) mass is 400 g/mol. The van der Waals surface area contributed by atoms with E-state index in [2.05, 4.69) is 0 Å². The summed E-state index contributed by atoms with van der Waals surface area (Å²) in [5.74, 6) is -0.381. The van der Waals surface area contributed by atoms with Crippen molar-refractivity contribution < 1.29 is 34.1 Å². The Labute approximate surface area is 164 Å². The molecule has 3 rings (SSSR count). The smallest absolute Gasteiger partial charge is 0.251 e. The van der Waals surface area contributed by atoms with Crippen molar-refractivity contribution >= 4 is 11.8 Å². The molecule has 28 heavy (non-hydrogen) atoms. The molecule has 10 nitrogen and oxygen atoms in total. The summed E-state index contributed by atoms with van der Waals surface area (Å²) in [7, 11) is 1.50. The molecule has 4 atom stereocenters. The highest BCUT2D eigenvalue weighted by atomic mass is 16.7. The maximum atomic E-state index is 12.0. The molecule has 0 aromatic rings. The summed E-state index contributed by atoms with van der Waals surface area (Å²) in [5, 5.41) is 23.0. The second-order valence-electron chi connectivity index (χ2n) is 7.77. The Morgan fingerprint density at radius 1 is 1.04 bits per heavy atom. The molecule has 0 saturated carbocycles. The topological polar surface area (TPSA) is 112 Å². The van der Waals surface area contributed by atoms with E-state index in [0.717, 1.165) is 0 Å². The van der Waals surface area contributed by atoms with Crippen LogP contribution in [0.4, 0.5) is 0 Å². The Kier molecular flexibility index (Phi) is 6.89. The van der Waals surface area contributed by atoms with Gasteiger partial charge in [0.05, 0.1) is 25.3 Å². The van der Waals surface area contributed by atoms with Gasteiger partial charge in [-0.05, 0) is 20.3 Å². The zero-order chi connectivity index (χ0) is 20.4. The second-order valence-corrected chi connectivity index (χ2v) is 7.77. The predicted molar refractivity (Wildman–Crippen MR) is 95.3 cm³/mol. The van der Waals surface area contributed by atoms with Crippen LogP contribution < -0.4 is 0 Å². The lowest BCUT2D eigenvalue weighted by molar-refractivity contribution is -0.324. The van der Waals surface area contributed by atoms with Crippen molar-refractivity contribution in [3.05, 3.63) is 0 Å². The highest BCUT2D eigenvalue weighted by molar-refractivity contribution is 5.81. The molecule has 3 aliphatic rings. The second kappa shape index (κ2) is 9.02. The Balaban J connectivity index is 1.45. The SMILES string of the molecule is COC(C)C(=O)N1CC(OC2CC([O])CCN2OC2CN(C(=O)C(C)O)C2)C1. The number of carbonyl (C=O) groups excluding carboxylic acids is 2. The van der Waals surface area contributed by atoms with Gasteiger partial charge < -0.3 is 24.4 Å². The molecular formula is C18H30N3O7. The number of likely N-dealkylation sites (tertiary alicyclic amines) is 2. The number of ether oxygens (including phenoxy) is 2. The van der Waals surface area contributed by atoms with Crippen molar-refractivity contribution in [2.45, 2.75) is 63.4 Å². The Morgan fingerprint density at radius 3 is 2.25 bits per heavy atom. The largest absolute Gasteiger partial charge is 0.384 e. The predicted octanol–water partition coefficient (Wildman–Crippen LogP) is -1.01. The quantitative estimate of drug-likeness (QED) is 0.583. The maximum Gasteiger partial charge on any atom is 0.251 e. The standard InChI is InChI=1S/C18H30N3O7/c1-11(22)17(24)19-9-15(10-19)28-21-5-4-13(23)6-16(21)27-14-7-20(8-14)18(25)12(2)26-3/h11-16,22H,4-10H2,1-3H3. The third kappa shape index (κ3) is 4.81. The molecule has 3 heterocycles. The number of rotatable bonds is 7. The number of hydroxylamine groups is 2. The first-order valence-corrected chi connectivity index (χ1v) is 9.81. The van der Waals surface area contributed by atoms with E-state index >= 15 is 0 Å². The van der Waals surface area contributed by atoms with Crippen LogP contribution in [0.1, 0.15) is 26.7 Å². The van der Waals surface area contributed by atoms with Crippen LogP contribution in [0.25, 0.3) is 0 Å². The van der Waals surface area contributed by atoms with Crippen LogP contribution >= 0.6 is 0 Å². The molecule has 1 N–H and O–H groups in total. The summed E-state index contributed by atoms with van der Waals surface area (Å²) >= 11 is 0. The van der Waals surface area contributed by atoms with Crippen LogP contribution in [0.5, 0.6) is 0 Å². The van der Waals surface area contributed by atoms with E-state index in [0.29, 0.717) is 45.6 Å². The summed E-state index contributed by atoms with van der Waals surface area (Å²) in [5.41, 5.74) is 0. The fraction of sp³-hybridized carbons (Fsp3) is 0.889. The van der Waals surface area contributed by atoms with Crippen LogP contribution in [0.15, 0.2) is 0 Å². The van der Waals surface area contributed by atoms with Crippen LogP contribution in [0, 0.1) is 0 Å². The molecule has 0 aliphatic carbocycles. The molecule has 0 aromatic heterocycles. The van der Waals surface area contributed by atoms with E-state index in [1.54, 1.807) is 16.9 Å². The van der Waals surface area contributed by atoms with Gasteiger partial charge in [-0.1, -0.05) is 0 Å². The van der Waals surface area contributed by atoms with E-state index in [1.165, 1.54) is 18.9 Å². The van der Waals surface area contributed by atoms with Gasteiger partial charge in [0.15, 0.2) is 0 Å². The summed E-state index contributed by atoms with van der Waals surface area (Å²) in [6, 6.07) is 0. The van der Waals surface area contributed by atoms with Gasteiger partial charge in [-0.2, -0.15) is 5.06 Å². The molecule has 0 aromatic carbocycles. The summed E-state index contributed by atoms with van der Waals surface area (Å²) in [6.07, 6.45) is -2.16. The minimum absolute atomic E-state index is 0.0712. The Morgan fingerprint density at radius 2 is 1.64 bits per heavy atom. The molecule has 3 saturated heterocycles. The average Bonchev–Trinajstić information content (AvgIpc) is 2.59. The van der Waals surface area contributed by atoms with Crippen molar-refractivity contribution in [1.29, 1.82) is 0 Å². The van der Waals surface area contributed by atoms with Gasteiger partial charge in [-0.15, -0.1) is 0 Å². The zero-order valence-corrected chi connectivity index (χ0v) is 16.7. The van der Waals surface area contributed by atoms with E-state index in [9.17, 15) is 19.8 Å². The summed E-state index contributed by atoms with van der Waals surface area (Å²) in [4.78, 5) is 32.9. The Bertz CT molecular complexity index is 563. The third-order valence-corrected chi connectivity index (χ3v) is 5.47. The Hall–Kier alpha value is -1.30.